The largest absolute Gasteiger partial charge is 0.381 e. The third kappa shape index (κ3) is 3.72. The molecular weight excluding hydrogens is 154 g/mol. The van der Waals surface area contributed by atoms with E-state index >= 15 is 0 Å². The summed E-state index contributed by atoms with van der Waals surface area (Å²) in [6, 6.07) is 0. The zero-order valence-electron chi connectivity index (χ0n) is 8.17. The van der Waals surface area contributed by atoms with Crippen LogP contribution in [0.4, 0.5) is 0 Å². The molecule has 0 saturated heterocycles. The van der Waals surface area contributed by atoms with Gasteiger partial charge in [-0.2, -0.15) is 0 Å². The van der Waals surface area contributed by atoms with Gasteiger partial charge in [-0.3, -0.25) is 4.79 Å². The molecule has 1 amide bonds. The van der Waals surface area contributed by atoms with Crippen LogP contribution < -0.4 is 5.73 Å². The van der Waals surface area contributed by atoms with Gasteiger partial charge < -0.3 is 10.5 Å². The summed E-state index contributed by atoms with van der Waals surface area (Å²) in [7, 11) is 1.62. The summed E-state index contributed by atoms with van der Waals surface area (Å²) in [6.07, 6.45) is 3.10. The van der Waals surface area contributed by atoms with E-state index in [0.29, 0.717) is 0 Å². The van der Waals surface area contributed by atoms with Crippen LogP contribution in [-0.2, 0) is 9.53 Å². The number of hydrogen-bond donors (Lipinski definition) is 1. The molecule has 0 radical (unpaired) electrons. The first-order chi connectivity index (χ1) is 5.63. The Kier molecular flexibility index (Phi) is 5.72. The molecule has 0 aliphatic heterocycles. The molecule has 0 aliphatic carbocycles. The average molecular weight is 173 g/mol. The second kappa shape index (κ2) is 6.00. The lowest BCUT2D eigenvalue weighted by Crippen LogP contribution is -2.32. The minimum Gasteiger partial charge on any atom is -0.381 e. The van der Waals surface area contributed by atoms with Crippen LogP contribution in [0, 0.1) is 5.92 Å². The van der Waals surface area contributed by atoms with Crippen LogP contribution in [-0.4, -0.2) is 19.1 Å². The van der Waals surface area contributed by atoms with E-state index in [1.807, 2.05) is 6.92 Å². The second-order valence-corrected chi connectivity index (χ2v) is 3.11. The Labute approximate surface area is 74.3 Å². The molecule has 0 aromatic heterocycles. The quantitative estimate of drug-likeness (QED) is 0.658. The Morgan fingerprint density at radius 1 is 1.58 bits per heavy atom. The van der Waals surface area contributed by atoms with Crippen LogP contribution in [0.15, 0.2) is 0 Å². The normalized spacial score (nSPS) is 15.6. The number of unbranched alkanes of at least 4 members (excludes halogenated alkanes) is 1. The van der Waals surface area contributed by atoms with Gasteiger partial charge in [-0.05, 0) is 6.42 Å². The number of primary amides is 1. The molecule has 0 spiro atoms. The second-order valence-electron chi connectivity index (χ2n) is 3.11. The van der Waals surface area contributed by atoms with Crippen molar-refractivity contribution in [1.82, 2.24) is 0 Å². The third-order valence-electron chi connectivity index (χ3n) is 2.15. The van der Waals surface area contributed by atoms with Crippen LogP contribution in [0.1, 0.15) is 33.1 Å². The fourth-order valence-electron chi connectivity index (χ4n) is 1.16. The lowest BCUT2D eigenvalue weighted by molar-refractivity contribution is -0.125. The Morgan fingerprint density at radius 3 is 2.50 bits per heavy atom. The van der Waals surface area contributed by atoms with E-state index in [0.717, 1.165) is 19.3 Å². The van der Waals surface area contributed by atoms with Gasteiger partial charge in [-0.25, -0.2) is 0 Å². The molecule has 0 rings (SSSR count). The van der Waals surface area contributed by atoms with Crippen LogP contribution in [0.3, 0.4) is 0 Å². The maximum Gasteiger partial charge on any atom is 0.222 e. The van der Waals surface area contributed by atoms with Crippen molar-refractivity contribution in [2.75, 3.05) is 7.11 Å². The summed E-state index contributed by atoms with van der Waals surface area (Å²) >= 11 is 0. The van der Waals surface area contributed by atoms with Crippen LogP contribution in [0.5, 0.6) is 0 Å². The number of rotatable bonds is 6. The van der Waals surface area contributed by atoms with Gasteiger partial charge in [-0.15, -0.1) is 0 Å². The minimum absolute atomic E-state index is 0.0116. The number of ether oxygens (including phenoxy) is 1. The molecule has 2 atom stereocenters. The first-order valence-electron chi connectivity index (χ1n) is 4.45. The molecule has 3 heteroatoms. The first kappa shape index (κ1) is 11.4. The Hall–Kier alpha value is -0.570. The number of hydrogen-bond acceptors (Lipinski definition) is 2. The van der Waals surface area contributed by atoms with E-state index in [4.69, 9.17) is 10.5 Å². The van der Waals surface area contributed by atoms with Gasteiger partial charge >= 0.3 is 0 Å². The fraction of sp³-hybridized carbons (Fsp3) is 0.889. The summed E-state index contributed by atoms with van der Waals surface area (Å²) in [5.41, 5.74) is 5.17. The Balaban J connectivity index is 3.87. The topological polar surface area (TPSA) is 52.3 Å². The van der Waals surface area contributed by atoms with Crippen LogP contribution in [0.2, 0.25) is 0 Å². The third-order valence-corrected chi connectivity index (χ3v) is 2.15. The fourth-order valence-corrected chi connectivity index (χ4v) is 1.16. The maximum absolute atomic E-state index is 10.8. The van der Waals surface area contributed by atoms with E-state index in [1.165, 1.54) is 0 Å². The van der Waals surface area contributed by atoms with Gasteiger partial charge in [0.05, 0.1) is 12.0 Å². The molecule has 0 bridgehead atoms. The van der Waals surface area contributed by atoms with Gasteiger partial charge in [0.2, 0.25) is 5.91 Å². The molecule has 0 aromatic carbocycles. The molecular formula is C9H19NO2. The highest BCUT2D eigenvalue weighted by molar-refractivity contribution is 5.76. The number of amides is 1. The smallest absolute Gasteiger partial charge is 0.222 e. The van der Waals surface area contributed by atoms with E-state index in [-0.39, 0.29) is 17.9 Å². The Bertz CT molecular complexity index is 136. The monoisotopic (exact) mass is 173 g/mol. The van der Waals surface area contributed by atoms with Crippen molar-refractivity contribution in [3.63, 3.8) is 0 Å². The van der Waals surface area contributed by atoms with Gasteiger partial charge in [0.25, 0.3) is 0 Å². The molecule has 3 nitrogen and oxygen atoms in total. The van der Waals surface area contributed by atoms with Gasteiger partial charge in [-0.1, -0.05) is 26.7 Å². The number of methoxy groups -OCH3 is 1. The first-order valence-corrected chi connectivity index (χ1v) is 4.45. The summed E-state index contributed by atoms with van der Waals surface area (Å²) in [6.45, 7) is 3.92. The summed E-state index contributed by atoms with van der Waals surface area (Å²) in [5.74, 6) is -0.459. The highest BCUT2D eigenvalue weighted by Crippen LogP contribution is 2.13. The van der Waals surface area contributed by atoms with Crippen molar-refractivity contribution < 1.29 is 9.53 Å². The number of nitrogens with two attached hydrogens (primary N) is 1. The summed E-state index contributed by atoms with van der Waals surface area (Å²) < 4.78 is 5.17. The van der Waals surface area contributed by atoms with Crippen molar-refractivity contribution in [2.24, 2.45) is 11.7 Å². The summed E-state index contributed by atoms with van der Waals surface area (Å²) in [5, 5.41) is 0. The summed E-state index contributed by atoms with van der Waals surface area (Å²) in [4.78, 5) is 10.8. The van der Waals surface area contributed by atoms with Crippen molar-refractivity contribution in [1.29, 1.82) is 0 Å². The van der Waals surface area contributed by atoms with Crippen molar-refractivity contribution >= 4 is 5.91 Å². The molecule has 0 aliphatic rings. The minimum atomic E-state index is -0.280. The number of carbonyl (C=O) groups excluding carboxylic acids is 1. The molecule has 12 heavy (non-hydrogen) atoms. The molecule has 0 heterocycles. The SMILES string of the molecule is CCCCC(OC)C(C)C(N)=O. The lowest BCUT2D eigenvalue weighted by Gasteiger charge is -2.19. The Morgan fingerprint density at radius 2 is 2.17 bits per heavy atom. The molecule has 72 valence electrons. The predicted octanol–water partition coefficient (Wildman–Crippen LogP) is 1.31. The molecule has 2 N–H and O–H groups in total. The van der Waals surface area contributed by atoms with E-state index in [9.17, 15) is 4.79 Å². The standard InChI is InChI=1S/C9H19NO2/c1-4-5-6-8(12-3)7(2)9(10)11/h7-8H,4-6H2,1-3H3,(H2,10,11). The van der Waals surface area contributed by atoms with E-state index < -0.39 is 0 Å². The maximum atomic E-state index is 10.8. The van der Waals surface area contributed by atoms with Crippen molar-refractivity contribution in [3.05, 3.63) is 0 Å². The van der Waals surface area contributed by atoms with E-state index in [1.54, 1.807) is 7.11 Å². The van der Waals surface area contributed by atoms with E-state index in [2.05, 4.69) is 6.92 Å². The zero-order valence-corrected chi connectivity index (χ0v) is 8.17. The lowest BCUT2D eigenvalue weighted by atomic mass is 9.99. The number of carbonyl (C=O) groups is 1. The molecule has 0 saturated carbocycles. The highest BCUT2D eigenvalue weighted by Gasteiger charge is 2.20. The zero-order chi connectivity index (χ0) is 9.56. The van der Waals surface area contributed by atoms with Crippen molar-refractivity contribution in [3.8, 4) is 0 Å². The highest BCUT2D eigenvalue weighted by atomic mass is 16.5. The molecule has 0 aromatic rings. The predicted molar refractivity (Wildman–Crippen MR) is 48.7 cm³/mol. The van der Waals surface area contributed by atoms with Crippen LogP contribution >= 0.6 is 0 Å². The molecule has 0 fully saturated rings. The van der Waals surface area contributed by atoms with Gasteiger partial charge in [0.15, 0.2) is 0 Å². The van der Waals surface area contributed by atoms with Crippen molar-refractivity contribution in [2.45, 2.75) is 39.2 Å². The molecule has 2 unspecified atom stereocenters. The average Bonchev–Trinajstić information content (AvgIpc) is 2.05. The van der Waals surface area contributed by atoms with Gasteiger partial charge in [0, 0.05) is 7.11 Å². The van der Waals surface area contributed by atoms with Crippen LogP contribution in [0.25, 0.3) is 0 Å². The van der Waals surface area contributed by atoms with Gasteiger partial charge in [0.1, 0.15) is 0 Å².